The minimum absolute atomic E-state index is 0. The van der Waals surface area contributed by atoms with Crippen LogP contribution in [0.4, 0.5) is 0 Å². The van der Waals surface area contributed by atoms with Crippen LogP contribution in [0.5, 0.6) is 5.75 Å². The van der Waals surface area contributed by atoms with Crippen LogP contribution in [0.2, 0.25) is 0 Å². The smallest absolute Gasteiger partial charge is 0.255 e. The highest BCUT2D eigenvalue weighted by Gasteiger charge is 2.23. The summed E-state index contributed by atoms with van der Waals surface area (Å²) >= 11 is 0. The van der Waals surface area contributed by atoms with Crippen LogP contribution in [0.25, 0.3) is 0 Å². The van der Waals surface area contributed by atoms with Crippen molar-refractivity contribution in [3.63, 3.8) is 0 Å². The third-order valence-corrected chi connectivity index (χ3v) is 4.89. The predicted octanol–water partition coefficient (Wildman–Crippen LogP) is 2.02. The van der Waals surface area contributed by atoms with Crippen molar-refractivity contribution in [3.8, 4) is 5.75 Å². The van der Waals surface area contributed by atoms with E-state index in [1.165, 1.54) is 6.07 Å². The number of aromatic hydroxyl groups is 1. The number of nitrogens with zero attached hydrogens (tertiary/aromatic N) is 4. The lowest BCUT2D eigenvalue weighted by Crippen LogP contribution is -2.47. The zero-order valence-corrected chi connectivity index (χ0v) is 20.6. The molecule has 1 aromatic carbocycles. The third-order valence-electron chi connectivity index (χ3n) is 4.89. The van der Waals surface area contributed by atoms with Crippen molar-refractivity contribution in [1.29, 1.82) is 0 Å². The van der Waals surface area contributed by atoms with E-state index in [4.69, 9.17) is 0 Å². The van der Waals surface area contributed by atoms with Gasteiger partial charge >= 0.3 is 0 Å². The quantitative estimate of drug-likeness (QED) is 0.185. The number of benzene rings is 1. The Balaban J connectivity index is 0.00000341. The van der Waals surface area contributed by atoms with Gasteiger partial charge in [-0.1, -0.05) is 26.0 Å². The summed E-state index contributed by atoms with van der Waals surface area (Å²) in [6.45, 7) is 8.52. The molecule has 3 rings (SSSR count). The van der Waals surface area contributed by atoms with Crippen LogP contribution < -0.4 is 16.0 Å². The topological polar surface area (TPSA) is 116 Å². The van der Waals surface area contributed by atoms with Crippen molar-refractivity contribution in [2.24, 2.45) is 4.99 Å². The number of carbonyl (C=O) groups is 1. The van der Waals surface area contributed by atoms with Crippen LogP contribution in [0.3, 0.4) is 0 Å². The first kappa shape index (κ1) is 24.9. The molecule has 4 N–H and O–H groups in total. The van der Waals surface area contributed by atoms with Gasteiger partial charge < -0.3 is 21.1 Å². The lowest BCUT2D eigenvalue weighted by atomic mass is 10.1. The van der Waals surface area contributed by atoms with Crippen LogP contribution in [-0.2, 0) is 13.0 Å². The van der Waals surface area contributed by atoms with E-state index in [2.05, 4.69) is 44.9 Å². The number of guanidine groups is 1. The molecular formula is C21H32IN7O2. The van der Waals surface area contributed by atoms with E-state index in [0.717, 1.165) is 37.6 Å². The molecule has 1 aliphatic rings. The number of carbonyl (C=O) groups excluding carboxylic acids is 1. The number of halogens is 1. The van der Waals surface area contributed by atoms with Gasteiger partial charge in [-0.15, -0.1) is 24.0 Å². The first-order valence-electron chi connectivity index (χ1n) is 10.5. The third kappa shape index (κ3) is 6.81. The van der Waals surface area contributed by atoms with Crippen LogP contribution in [0.15, 0.2) is 29.3 Å². The molecule has 1 aromatic heterocycles. The fourth-order valence-corrected chi connectivity index (χ4v) is 3.30. The molecule has 0 aliphatic carbocycles. The molecular weight excluding hydrogens is 509 g/mol. The largest absolute Gasteiger partial charge is 0.507 e. The highest BCUT2D eigenvalue weighted by molar-refractivity contribution is 14.0. The number of hydrogen-bond acceptors (Lipinski definition) is 5. The van der Waals surface area contributed by atoms with Crippen LogP contribution >= 0.6 is 24.0 Å². The lowest BCUT2D eigenvalue weighted by Gasteiger charge is -2.25. The number of rotatable bonds is 7. The fraction of sp³-hybridized carbons (Fsp3) is 0.524. The minimum Gasteiger partial charge on any atom is -0.507 e. The standard InChI is InChI=1S/C21H31N7O2.HI/c1-4-22-21(24-12-11-23-20(30)16-7-5-6-8-17(16)29)25-15-9-10-18-26-19(14(2)3)27-28(18)13-15;/h5-8,14-15,29H,4,9-13H2,1-3H3,(H,23,30)(H2,22,24,25);1H. The number of phenols is 1. The van der Waals surface area contributed by atoms with Gasteiger partial charge in [-0.2, -0.15) is 5.10 Å². The molecule has 1 aliphatic heterocycles. The number of nitrogens with one attached hydrogen (secondary N) is 3. The maximum Gasteiger partial charge on any atom is 0.255 e. The molecule has 0 saturated carbocycles. The van der Waals surface area contributed by atoms with Crippen molar-refractivity contribution in [2.45, 2.75) is 52.1 Å². The average Bonchev–Trinajstić information content (AvgIpc) is 3.15. The first-order chi connectivity index (χ1) is 14.5. The van der Waals surface area contributed by atoms with Gasteiger partial charge in [0.1, 0.15) is 11.6 Å². The van der Waals surface area contributed by atoms with E-state index in [9.17, 15) is 9.90 Å². The number of aromatic nitrogens is 3. The summed E-state index contributed by atoms with van der Waals surface area (Å²) in [5, 5.41) is 23.9. The van der Waals surface area contributed by atoms with Crippen molar-refractivity contribution < 1.29 is 9.90 Å². The molecule has 31 heavy (non-hydrogen) atoms. The van der Waals surface area contributed by atoms with Gasteiger partial charge in [-0.3, -0.25) is 9.79 Å². The Morgan fingerprint density at radius 2 is 2.10 bits per heavy atom. The summed E-state index contributed by atoms with van der Waals surface area (Å²) in [7, 11) is 0. The Bertz CT molecular complexity index is 898. The van der Waals surface area contributed by atoms with E-state index in [1.807, 2.05) is 11.6 Å². The fourth-order valence-electron chi connectivity index (χ4n) is 3.30. The average molecular weight is 541 g/mol. The van der Waals surface area contributed by atoms with Gasteiger partial charge in [0.05, 0.1) is 18.7 Å². The Labute approximate surface area is 200 Å². The predicted molar refractivity (Wildman–Crippen MR) is 131 cm³/mol. The number of aliphatic imine (C=N–C) groups is 1. The molecule has 1 amide bonds. The number of phenolic OH excluding ortho intramolecular Hbond substituents is 1. The van der Waals surface area contributed by atoms with E-state index in [0.29, 0.717) is 25.0 Å². The molecule has 9 nitrogen and oxygen atoms in total. The van der Waals surface area contributed by atoms with Crippen molar-refractivity contribution in [3.05, 3.63) is 41.5 Å². The summed E-state index contributed by atoms with van der Waals surface area (Å²) in [4.78, 5) is 21.3. The van der Waals surface area contributed by atoms with Gasteiger partial charge in [0, 0.05) is 31.5 Å². The Hall–Kier alpha value is -2.37. The molecule has 170 valence electrons. The van der Waals surface area contributed by atoms with Crippen LogP contribution in [0.1, 0.15) is 55.1 Å². The van der Waals surface area contributed by atoms with E-state index < -0.39 is 0 Å². The highest BCUT2D eigenvalue weighted by Crippen LogP contribution is 2.17. The van der Waals surface area contributed by atoms with Gasteiger partial charge in [0.15, 0.2) is 11.8 Å². The van der Waals surface area contributed by atoms with Crippen LogP contribution in [0, 0.1) is 0 Å². The lowest BCUT2D eigenvalue weighted by molar-refractivity contribution is 0.0952. The molecule has 0 radical (unpaired) electrons. The van der Waals surface area contributed by atoms with E-state index in [1.54, 1.807) is 18.2 Å². The number of hydrogen-bond donors (Lipinski definition) is 4. The molecule has 1 unspecified atom stereocenters. The maximum atomic E-state index is 12.2. The van der Waals surface area contributed by atoms with Crippen molar-refractivity contribution >= 4 is 35.8 Å². The highest BCUT2D eigenvalue weighted by atomic mass is 127. The molecule has 0 spiro atoms. The second-order valence-corrected chi connectivity index (χ2v) is 7.64. The summed E-state index contributed by atoms with van der Waals surface area (Å²) in [6.07, 6.45) is 1.85. The summed E-state index contributed by atoms with van der Waals surface area (Å²) in [5.74, 6) is 2.64. The summed E-state index contributed by atoms with van der Waals surface area (Å²) in [5.41, 5.74) is 0.262. The van der Waals surface area contributed by atoms with Crippen molar-refractivity contribution in [2.75, 3.05) is 19.6 Å². The monoisotopic (exact) mass is 541 g/mol. The van der Waals surface area contributed by atoms with Crippen molar-refractivity contribution in [1.82, 2.24) is 30.7 Å². The Morgan fingerprint density at radius 1 is 1.32 bits per heavy atom. The first-order valence-corrected chi connectivity index (χ1v) is 10.5. The number of para-hydroxylation sites is 1. The SMILES string of the molecule is CCNC(=NCCNC(=O)c1ccccc1O)NC1CCc2nc(C(C)C)nn2C1.I. The Morgan fingerprint density at radius 3 is 2.81 bits per heavy atom. The number of aryl methyl sites for hydroxylation is 1. The minimum atomic E-state index is -0.312. The van der Waals surface area contributed by atoms with Gasteiger partial charge in [0.25, 0.3) is 5.91 Å². The van der Waals surface area contributed by atoms with E-state index in [-0.39, 0.29) is 47.2 Å². The van der Waals surface area contributed by atoms with E-state index >= 15 is 0 Å². The molecule has 0 bridgehead atoms. The van der Waals surface area contributed by atoms with Gasteiger partial charge in [-0.05, 0) is 25.5 Å². The molecule has 2 aromatic rings. The summed E-state index contributed by atoms with van der Waals surface area (Å²) in [6, 6.07) is 6.70. The zero-order chi connectivity index (χ0) is 21.5. The number of fused-ring (bicyclic) bond motifs is 1. The number of amides is 1. The molecule has 10 heteroatoms. The second-order valence-electron chi connectivity index (χ2n) is 7.64. The van der Waals surface area contributed by atoms with Gasteiger partial charge in [0.2, 0.25) is 0 Å². The second kappa shape index (κ2) is 11.9. The molecule has 0 fully saturated rings. The summed E-state index contributed by atoms with van der Waals surface area (Å²) < 4.78 is 1.99. The Kier molecular flexibility index (Phi) is 9.53. The molecule has 2 heterocycles. The molecule has 1 atom stereocenters. The normalized spacial score (nSPS) is 15.7. The van der Waals surface area contributed by atoms with Crippen LogP contribution in [-0.4, -0.2) is 57.4 Å². The maximum absolute atomic E-state index is 12.2. The molecule has 0 saturated heterocycles. The van der Waals surface area contributed by atoms with Gasteiger partial charge in [-0.25, -0.2) is 9.67 Å². The zero-order valence-electron chi connectivity index (χ0n) is 18.3.